The Hall–Kier alpha value is -1.88. The first-order valence-electron chi connectivity index (χ1n) is 5.55. The minimum Gasteiger partial charge on any atom is -0.469 e. The van der Waals surface area contributed by atoms with E-state index in [1.54, 1.807) is 0 Å². The van der Waals surface area contributed by atoms with Crippen LogP contribution in [0.3, 0.4) is 0 Å². The van der Waals surface area contributed by atoms with Crippen LogP contribution in [0.5, 0.6) is 0 Å². The lowest BCUT2D eigenvalue weighted by molar-refractivity contribution is -0.144. The topological polar surface area (TPSA) is 78.6 Å². The second-order valence-electron chi connectivity index (χ2n) is 3.85. The van der Waals surface area contributed by atoms with Crippen molar-refractivity contribution in [2.24, 2.45) is 5.73 Å². The molecule has 0 heterocycles. The number of carbonyl (C=O) groups is 2. The van der Waals surface area contributed by atoms with Crippen molar-refractivity contribution in [3.8, 4) is 0 Å². The summed E-state index contributed by atoms with van der Waals surface area (Å²) in [6.07, 6.45) is 0.0385. The molecule has 0 spiro atoms. The highest BCUT2D eigenvalue weighted by Crippen LogP contribution is 2.23. The first kappa shape index (κ1) is 14.2. The molecule has 2 atom stereocenters. The average Bonchev–Trinajstić information content (AvgIpc) is 2.43. The van der Waals surface area contributed by atoms with Gasteiger partial charge in [-0.05, 0) is 5.56 Å². The lowest BCUT2D eigenvalue weighted by Crippen LogP contribution is -2.38. The molecule has 0 aliphatic heterocycles. The van der Waals surface area contributed by atoms with Gasteiger partial charge >= 0.3 is 11.9 Å². The van der Waals surface area contributed by atoms with Crippen LogP contribution in [0.15, 0.2) is 30.3 Å². The number of esters is 2. The Kier molecular flexibility index (Phi) is 5.32. The molecule has 2 N–H and O–H groups in total. The van der Waals surface area contributed by atoms with Gasteiger partial charge in [0.1, 0.15) is 6.04 Å². The highest BCUT2D eigenvalue weighted by atomic mass is 16.5. The monoisotopic (exact) mass is 251 g/mol. The van der Waals surface area contributed by atoms with Gasteiger partial charge in [0.15, 0.2) is 0 Å². The first-order chi connectivity index (χ1) is 8.60. The van der Waals surface area contributed by atoms with E-state index in [-0.39, 0.29) is 6.42 Å². The quantitative estimate of drug-likeness (QED) is 0.784. The summed E-state index contributed by atoms with van der Waals surface area (Å²) < 4.78 is 9.23. The molecule has 5 heteroatoms. The molecule has 1 aromatic carbocycles. The Morgan fingerprint density at radius 3 is 2.28 bits per heavy atom. The van der Waals surface area contributed by atoms with E-state index in [9.17, 15) is 9.59 Å². The van der Waals surface area contributed by atoms with Gasteiger partial charge in [0.2, 0.25) is 0 Å². The third-order valence-electron chi connectivity index (χ3n) is 2.75. The largest absolute Gasteiger partial charge is 0.469 e. The zero-order chi connectivity index (χ0) is 13.5. The van der Waals surface area contributed by atoms with Gasteiger partial charge in [-0.2, -0.15) is 0 Å². The number of nitrogens with two attached hydrogens (primary N) is 1. The van der Waals surface area contributed by atoms with Crippen LogP contribution < -0.4 is 5.73 Å². The highest BCUT2D eigenvalue weighted by Gasteiger charge is 2.29. The average molecular weight is 251 g/mol. The molecule has 0 amide bonds. The Labute approximate surface area is 106 Å². The molecule has 18 heavy (non-hydrogen) atoms. The molecule has 2 unspecified atom stereocenters. The van der Waals surface area contributed by atoms with Gasteiger partial charge in [0.25, 0.3) is 0 Å². The summed E-state index contributed by atoms with van der Waals surface area (Å²) in [7, 11) is 2.57. The maximum absolute atomic E-state index is 11.5. The molecular formula is C13H17NO4. The van der Waals surface area contributed by atoms with Crippen molar-refractivity contribution in [3.05, 3.63) is 35.9 Å². The molecule has 1 rings (SSSR count). The van der Waals surface area contributed by atoms with Crippen LogP contribution in [0.4, 0.5) is 0 Å². The summed E-state index contributed by atoms with van der Waals surface area (Å²) in [6, 6.07) is 8.24. The lowest BCUT2D eigenvalue weighted by atomic mass is 9.89. The van der Waals surface area contributed by atoms with Crippen LogP contribution in [0.2, 0.25) is 0 Å². The number of hydrogen-bond acceptors (Lipinski definition) is 5. The van der Waals surface area contributed by atoms with Crippen molar-refractivity contribution in [1.29, 1.82) is 0 Å². The molecule has 0 saturated carbocycles. The summed E-state index contributed by atoms with van der Waals surface area (Å²) in [4.78, 5) is 22.9. The van der Waals surface area contributed by atoms with Gasteiger partial charge in [-0.25, -0.2) is 0 Å². The SMILES string of the molecule is COC(=O)CC(c1ccccc1)C(N)C(=O)OC. The maximum atomic E-state index is 11.5. The van der Waals surface area contributed by atoms with Gasteiger partial charge in [-0.1, -0.05) is 30.3 Å². The third-order valence-corrected chi connectivity index (χ3v) is 2.75. The second kappa shape index (κ2) is 6.76. The minimum absolute atomic E-state index is 0.0385. The van der Waals surface area contributed by atoms with Gasteiger partial charge in [0.05, 0.1) is 20.6 Å². The van der Waals surface area contributed by atoms with Crippen molar-refractivity contribution in [1.82, 2.24) is 0 Å². The van der Waals surface area contributed by atoms with E-state index in [4.69, 9.17) is 5.73 Å². The van der Waals surface area contributed by atoms with Crippen molar-refractivity contribution in [2.45, 2.75) is 18.4 Å². The molecule has 0 fully saturated rings. The number of rotatable bonds is 5. The minimum atomic E-state index is -0.892. The van der Waals surface area contributed by atoms with Crippen LogP contribution in [0.1, 0.15) is 17.9 Å². The van der Waals surface area contributed by atoms with E-state index in [2.05, 4.69) is 9.47 Å². The summed E-state index contributed by atoms with van der Waals surface area (Å²) in [5.74, 6) is -1.41. The molecule has 98 valence electrons. The van der Waals surface area contributed by atoms with Crippen LogP contribution in [0, 0.1) is 0 Å². The summed E-state index contributed by atoms with van der Waals surface area (Å²) in [6.45, 7) is 0. The Balaban J connectivity index is 2.95. The summed E-state index contributed by atoms with van der Waals surface area (Å²) >= 11 is 0. The Bertz CT molecular complexity index is 405. The van der Waals surface area contributed by atoms with Crippen LogP contribution >= 0.6 is 0 Å². The highest BCUT2D eigenvalue weighted by molar-refractivity contribution is 5.79. The molecule has 5 nitrogen and oxygen atoms in total. The normalized spacial score (nSPS) is 13.5. The predicted molar refractivity (Wildman–Crippen MR) is 65.8 cm³/mol. The molecule has 0 radical (unpaired) electrons. The molecule has 1 aromatic rings. The Morgan fingerprint density at radius 2 is 1.78 bits per heavy atom. The number of carbonyl (C=O) groups excluding carboxylic acids is 2. The zero-order valence-corrected chi connectivity index (χ0v) is 10.5. The van der Waals surface area contributed by atoms with Crippen LogP contribution in [0.25, 0.3) is 0 Å². The fourth-order valence-electron chi connectivity index (χ4n) is 1.72. The maximum Gasteiger partial charge on any atom is 0.323 e. The molecule has 0 saturated heterocycles. The van der Waals surface area contributed by atoms with Crippen molar-refractivity contribution in [3.63, 3.8) is 0 Å². The lowest BCUT2D eigenvalue weighted by Gasteiger charge is -2.21. The van der Waals surface area contributed by atoms with E-state index in [1.165, 1.54) is 14.2 Å². The molecule has 0 aliphatic carbocycles. The van der Waals surface area contributed by atoms with E-state index >= 15 is 0 Å². The fraction of sp³-hybridized carbons (Fsp3) is 0.385. The van der Waals surface area contributed by atoms with E-state index in [1.807, 2.05) is 30.3 Å². The predicted octanol–water partition coefficient (Wildman–Crippen LogP) is 0.834. The van der Waals surface area contributed by atoms with Gasteiger partial charge < -0.3 is 15.2 Å². The van der Waals surface area contributed by atoms with Crippen molar-refractivity contribution < 1.29 is 19.1 Å². The van der Waals surface area contributed by atoms with Crippen LogP contribution in [-0.4, -0.2) is 32.2 Å². The standard InChI is InChI=1S/C13H17NO4/c1-17-11(15)8-10(12(14)13(16)18-2)9-6-4-3-5-7-9/h3-7,10,12H,8,14H2,1-2H3. The summed E-state index contributed by atoms with van der Waals surface area (Å²) in [5, 5.41) is 0. The smallest absolute Gasteiger partial charge is 0.323 e. The number of methoxy groups -OCH3 is 2. The van der Waals surface area contributed by atoms with Crippen molar-refractivity contribution >= 4 is 11.9 Å². The molecule has 0 aromatic heterocycles. The van der Waals surface area contributed by atoms with E-state index in [0.717, 1.165) is 5.56 Å². The van der Waals surface area contributed by atoms with Crippen molar-refractivity contribution in [2.75, 3.05) is 14.2 Å². The fourth-order valence-corrected chi connectivity index (χ4v) is 1.72. The van der Waals surface area contributed by atoms with E-state index in [0.29, 0.717) is 0 Å². The number of hydrogen-bond donors (Lipinski definition) is 1. The molecule has 0 aliphatic rings. The van der Waals surface area contributed by atoms with Crippen LogP contribution in [-0.2, 0) is 19.1 Å². The number of ether oxygens (including phenoxy) is 2. The first-order valence-corrected chi connectivity index (χ1v) is 5.55. The Morgan fingerprint density at radius 1 is 1.17 bits per heavy atom. The van der Waals surface area contributed by atoms with Gasteiger partial charge in [-0.15, -0.1) is 0 Å². The van der Waals surface area contributed by atoms with Gasteiger partial charge in [-0.3, -0.25) is 9.59 Å². The second-order valence-corrected chi connectivity index (χ2v) is 3.85. The van der Waals surface area contributed by atoms with Gasteiger partial charge in [0, 0.05) is 5.92 Å². The zero-order valence-electron chi connectivity index (χ0n) is 10.5. The molecule has 0 bridgehead atoms. The molecular weight excluding hydrogens is 234 g/mol. The summed E-state index contributed by atoms with van der Waals surface area (Å²) in [5.41, 5.74) is 6.63. The number of benzene rings is 1. The third kappa shape index (κ3) is 3.56. The van der Waals surface area contributed by atoms with E-state index < -0.39 is 23.9 Å².